The lowest BCUT2D eigenvalue weighted by atomic mass is 10.1. The predicted octanol–water partition coefficient (Wildman–Crippen LogP) is 3.08. The van der Waals surface area contributed by atoms with Gasteiger partial charge in [-0.15, -0.1) is 0 Å². The average molecular weight is 433 g/mol. The van der Waals surface area contributed by atoms with Crippen LogP contribution in [0.3, 0.4) is 0 Å². The van der Waals surface area contributed by atoms with Gasteiger partial charge in [-0.2, -0.15) is 4.31 Å². The number of rotatable bonds is 5. The van der Waals surface area contributed by atoms with Crippen molar-refractivity contribution in [2.75, 3.05) is 32.7 Å². The van der Waals surface area contributed by atoms with Crippen molar-refractivity contribution in [3.05, 3.63) is 58.9 Å². The van der Waals surface area contributed by atoms with Crippen LogP contribution in [0.15, 0.2) is 47.6 Å². The molecule has 0 radical (unpaired) electrons. The van der Waals surface area contributed by atoms with E-state index < -0.39 is 10.0 Å². The second kappa shape index (κ2) is 8.07. The van der Waals surface area contributed by atoms with Crippen LogP contribution >= 0.6 is 11.6 Å². The lowest BCUT2D eigenvalue weighted by Crippen LogP contribution is -2.49. The van der Waals surface area contributed by atoms with E-state index in [1.807, 2.05) is 19.3 Å². The Balaban J connectivity index is 1.40. The summed E-state index contributed by atoms with van der Waals surface area (Å²) >= 11 is 6.13. The molecule has 6 nitrogen and oxygen atoms in total. The molecule has 1 saturated heterocycles. The Labute approximate surface area is 176 Å². The van der Waals surface area contributed by atoms with E-state index in [1.54, 1.807) is 29.4 Å². The Morgan fingerprint density at radius 3 is 2.62 bits per heavy atom. The highest BCUT2D eigenvalue weighted by atomic mass is 35.5. The van der Waals surface area contributed by atoms with Crippen molar-refractivity contribution >= 4 is 32.7 Å². The fraction of sp³-hybridized carbons (Fsp3) is 0.381. The van der Waals surface area contributed by atoms with Gasteiger partial charge in [0, 0.05) is 62.6 Å². The van der Waals surface area contributed by atoms with Gasteiger partial charge in [-0.3, -0.25) is 0 Å². The summed E-state index contributed by atoms with van der Waals surface area (Å²) in [6, 6.07) is 9.12. The maximum atomic E-state index is 13.0. The molecule has 0 N–H and O–H groups in total. The van der Waals surface area contributed by atoms with Gasteiger partial charge in [-0.1, -0.05) is 17.7 Å². The van der Waals surface area contributed by atoms with E-state index in [1.165, 1.54) is 10.9 Å². The van der Waals surface area contributed by atoms with Gasteiger partial charge in [0.2, 0.25) is 10.0 Å². The van der Waals surface area contributed by atoms with Crippen molar-refractivity contribution < 1.29 is 8.42 Å². The molecule has 1 aliphatic rings. The van der Waals surface area contributed by atoms with E-state index in [-0.39, 0.29) is 0 Å². The number of hydrogen-bond acceptors (Lipinski definition) is 4. The van der Waals surface area contributed by atoms with E-state index in [9.17, 15) is 8.42 Å². The molecule has 154 valence electrons. The minimum absolute atomic E-state index is 0.307. The summed E-state index contributed by atoms with van der Waals surface area (Å²) in [6.45, 7) is 5.09. The quantitative estimate of drug-likeness (QED) is 0.621. The molecule has 1 aromatic carbocycles. The molecule has 8 heteroatoms. The summed E-state index contributed by atoms with van der Waals surface area (Å²) in [5, 5.41) is 1.67. The third-order valence-electron chi connectivity index (χ3n) is 5.68. The Morgan fingerprint density at radius 1 is 1.10 bits per heavy atom. The van der Waals surface area contributed by atoms with Crippen molar-refractivity contribution in [1.82, 2.24) is 18.8 Å². The van der Waals surface area contributed by atoms with Crippen molar-refractivity contribution in [3.8, 4) is 0 Å². The summed E-state index contributed by atoms with van der Waals surface area (Å²) in [6.07, 6.45) is 4.87. The van der Waals surface area contributed by atoms with Crippen LogP contribution in [0.25, 0.3) is 11.0 Å². The van der Waals surface area contributed by atoms with Gasteiger partial charge < -0.3 is 9.47 Å². The van der Waals surface area contributed by atoms with Gasteiger partial charge in [0.05, 0.1) is 4.90 Å². The highest BCUT2D eigenvalue weighted by Gasteiger charge is 2.30. The molecule has 0 spiro atoms. The average Bonchev–Trinajstić information content (AvgIpc) is 3.05. The molecule has 0 saturated carbocycles. The fourth-order valence-electron chi connectivity index (χ4n) is 3.97. The number of halogens is 1. The Morgan fingerprint density at radius 2 is 1.86 bits per heavy atom. The van der Waals surface area contributed by atoms with Crippen LogP contribution < -0.4 is 0 Å². The molecular weight excluding hydrogens is 408 g/mol. The van der Waals surface area contributed by atoms with E-state index in [4.69, 9.17) is 11.6 Å². The molecular formula is C21H25ClN4O2S. The van der Waals surface area contributed by atoms with Crippen LogP contribution in [0.5, 0.6) is 0 Å². The number of benzene rings is 1. The van der Waals surface area contributed by atoms with Crippen LogP contribution in [-0.4, -0.2) is 59.9 Å². The number of hydrogen-bond donors (Lipinski definition) is 0. The number of piperazine rings is 1. The molecule has 4 rings (SSSR count). The van der Waals surface area contributed by atoms with E-state index in [0.717, 1.165) is 31.7 Å². The SMILES string of the molecule is Cc1c(Cl)cccc1S(=O)(=O)N1CCN(CCc2cn(C)c3ncccc23)CC1. The highest BCUT2D eigenvalue weighted by Crippen LogP contribution is 2.26. The van der Waals surface area contributed by atoms with Crippen LogP contribution in [0.1, 0.15) is 11.1 Å². The summed E-state index contributed by atoms with van der Waals surface area (Å²) in [5.74, 6) is 0. The Bertz CT molecular complexity index is 1130. The van der Waals surface area contributed by atoms with E-state index >= 15 is 0 Å². The zero-order valence-electron chi connectivity index (χ0n) is 16.7. The minimum Gasteiger partial charge on any atom is -0.335 e. The van der Waals surface area contributed by atoms with Gasteiger partial charge in [0.15, 0.2) is 0 Å². The Hall–Kier alpha value is -1.93. The molecule has 2 aromatic heterocycles. The number of sulfonamides is 1. The van der Waals surface area contributed by atoms with Crippen molar-refractivity contribution in [2.24, 2.45) is 7.05 Å². The fourth-order valence-corrected chi connectivity index (χ4v) is 5.87. The topological polar surface area (TPSA) is 58.4 Å². The second-order valence-electron chi connectivity index (χ2n) is 7.50. The van der Waals surface area contributed by atoms with Gasteiger partial charge in [0.1, 0.15) is 5.65 Å². The molecule has 0 atom stereocenters. The maximum absolute atomic E-state index is 13.0. The largest absolute Gasteiger partial charge is 0.335 e. The van der Waals surface area contributed by atoms with E-state index in [0.29, 0.717) is 28.6 Å². The molecule has 29 heavy (non-hydrogen) atoms. The van der Waals surface area contributed by atoms with Gasteiger partial charge in [-0.25, -0.2) is 13.4 Å². The van der Waals surface area contributed by atoms with Crippen LogP contribution in [0.2, 0.25) is 5.02 Å². The minimum atomic E-state index is -3.52. The Kier molecular flexibility index (Phi) is 5.66. The lowest BCUT2D eigenvalue weighted by Gasteiger charge is -2.34. The van der Waals surface area contributed by atoms with E-state index in [2.05, 4.69) is 26.7 Å². The van der Waals surface area contributed by atoms with Gasteiger partial charge >= 0.3 is 0 Å². The third-order valence-corrected chi connectivity index (χ3v) is 8.13. The smallest absolute Gasteiger partial charge is 0.243 e. The van der Waals surface area contributed by atoms with Crippen molar-refractivity contribution in [2.45, 2.75) is 18.2 Å². The normalized spacial score (nSPS) is 16.5. The summed E-state index contributed by atoms with van der Waals surface area (Å²) in [7, 11) is -1.51. The highest BCUT2D eigenvalue weighted by molar-refractivity contribution is 7.89. The first-order chi connectivity index (χ1) is 13.9. The maximum Gasteiger partial charge on any atom is 0.243 e. The van der Waals surface area contributed by atoms with Crippen LogP contribution in [0.4, 0.5) is 0 Å². The standard InChI is InChI=1S/C21H25ClN4O2S/c1-16-19(22)6-3-7-20(16)29(27,28)26-13-11-25(12-14-26)10-8-17-15-24(2)21-18(17)5-4-9-23-21/h3-7,9,15H,8,10-14H2,1-2H3. The summed E-state index contributed by atoms with van der Waals surface area (Å²) in [5.41, 5.74) is 2.89. The monoisotopic (exact) mass is 432 g/mol. The number of aryl methyl sites for hydroxylation is 1. The van der Waals surface area contributed by atoms with Crippen molar-refractivity contribution in [1.29, 1.82) is 0 Å². The first-order valence-corrected chi connectivity index (χ1v) is 11.6. The van der Waals surface area contributed by atoms with Crippen LogP contribution in [-0.2, 0) is 23.5 Å². The predicted molar refractivity (Wildman–Crippen MR) is 116 cm³/mol. The zero-order valence-corrected chi connectivity index (χ0v) is 18.2. The second-order valence-corrected chi connectivity index (χ2v) is 9.81. The van der Waals surface area contributed by atoms with Crippen molar-refractivity contribution in [3.63, 3.8) is 0 Å². The number of nitrogens with zero attached hydrogens (tertiary/aromatic N) is 4. The van der Waals surface area contributed by atoms with Gasteiger partial charge in [-0.05, 0) is 48.7 Å². The van der Waals surface area contributed by atoms with Crippen LogP contribution in [0, 0.1) is 6.92 Å². The first kappa shape index (κ1) is 20.3. The molecule has 1 aliphatic heterocycles. The molecule has 3 heterocycles. The zero-order chi connectivity index (χ0) is 20.6. The summed E-state index contributed by atoms with van der Waals surface area (Å²) in [4.78, 5) is 7.07. The molecule has 0 unspecified atom stereocenters. The molecule has 0 aliphatic carbocycles. The van der Waals surface area contributed by atoms with Gasteiger partial charge in [0.25, 0.3) is 0 Å². The third kappa shape index (κ3) is 3.92. The molecule has 3 aromatic rings. The lowest BCUT2D eigenvalue weighted by molar-refractivity contribution is 0.190. The molecule has 1 fully saturated rings. The molecule has 0 amide bonds. The number of pyridine rings is 1. The molecule has 0 bridgehead atoms. The first-order valence-electron chi connectivity index (χ1n) is 9.74. The number of fused-ring (bicyclic) bond motifs is 1. The summed E-state index contributed by atoms with van der Waals surface area (Å²) < 4.78 is 29.7. The number of aromatic nitrogens is 2.